The largest absolute Gasteiger partial charge is 0.480 e. The molecule has 0 aromatic heterocycles. The summed E-state index contributed by atoms with van der Waals surface area (Å²) in [5.74, 6) is -1.89. The van der Waals surface area contributed by atoms with Gasteiger partial charge in [0.1, 0.15) is 12.1 Å². The molecule has 128 valence electrons. The van der Waals surface area contributed by atoms with Crippen molar-refractivity contribution in [3.05, 3.63) is 0 Å². The molecule has 1 rings (SSSR count). The van der Waals surface area contributed by atoms with Crippen molar-refractivity contribution < 1.29 is 19.5 Å². The molecule has 1 heterocycles. The summed E-state index contributed by atoms with van der Waals surface area (Å²) in [6, 6.07) is -2.08. The summed E-state index contributed by atoms with van der Waals surface area (Å²) in [5, 5.41) is 16.8. The van der Waals surface area contributed by atoms with Gasteiger partial charge in [0.15, 0.2) is 0 Å². The maximum atomic E-state index is 11.9. The molecule has 3 atom stereocenters. The lowest BCUT2D eigenvalue weighted by Gasteiger charge is -2.30. The van der Waals surface area contributed by atoms with Gasteiger partial charge in [0.2, 0.25) is 11.8 Å². The van der Waals surface area contributed by atoms with Gasteiger partial charge in [-0.25, -0.2) is 4.79 Å². The van der Waals surface area contributed by atoms with Crippen molar-refractivity contribution >= 4 is 30.4 Å². The van der Waals surface area contributed by atoms with E-state index in [1.54, 1.807) is 0 Å². The molecule has 7 nitrogen and oxygen atoms in total. The number of aliphatic carboxylic acids is 1. The number of carboxylic acids is 1. The molecule has 0 bridgehead atoms. The predicted molar refractivity (Wildman–Crippen MR) is 88.0 cm³/mol. The fraction of sp³-hybridized carbons (Fsp3) is 0.786. The molecule has 1 aliphatic rings. The first-order chi connectivity index (χ1) is 10.5. The highest BCUT2D eigenvalue weighted by Gasteiger charge is 2.32. The molecule has 1 fully saturated rings. The molecule has 2 amide bonds. The van der Waals surface area contributed by atoms with Gasteiger partial charge < -0.3 is 21.1 Å². The minimum absolute atomic E-state index is 0.00566. The lowest BCUT2D eigenvalue weighted by atomic mass is 10.0. The van der Waals surface area contributed by atoms with Crippen LogP contribution >= 0.6 is 12.6 Å². The van der Waals surface area contributed by atoms with E-state index in [4.69, 9.17) is 5.11 Å². The van der Waals surface area contributed by atoms with Gasteiger partial charge in [-0.3, -0.25) is 9.59 Å². The van der Waals surface area contributed by atoms with Crippen LogP contribution in [0.3, 0.4) is 0 Å². The van der Waals surface area contributed by atoms with Crippen LogP contribution in [0.15, 0.2) is 0 Å². The van der Waals surface area contributed by atoms with Gasteiger partial charge in [-0.1, -0.05) is 33.6 Å². The zero-order valence-electron chi connectivity index (χ0n) is 13.4. The molecular weight excluding hydrogens is 306 g/mol. The lowest BCUT2D eigenvalue weighted by molar-refractivity contribution is -0.141. The van der Waals surface area contributed by atoms with Gasteiger partial charge in [-0.05, 0) is 6.42 Å². The van der Waals surface area contributed by atoms with E-state index in [-0.39, 0.29) is 17.7 Å². The number of hydrogen-bond donors (Lipinski definition) is 5. The second kappa shape index (κ2) is 11.3. The smallest absolute Gasteiger partial charge is 0.327 e. The molecule has 0 spiro atoms. The van der Waals surface area contributed by atoms with Crippen LogP contribution in [0.1, 0.15) is 40.0 Å². The summed E-state index contributed by atoms with van der Waals surface area (Å²) in [6.45, 7) is 6.34. The van der Waals surface area contributed by atoms with E-state index in [0.717, 1.165) is 19.3 Å². The first kappa shape index (κ1) is 20.7. The summed E-state index contributed by atoms with van der Waals surface area (Å²) < 4.78 is 0. The van der Waals surface area contributed by atoms with E-state index in [9.17, 15) is 14.4 Å². The highest BCUT2D eigenvalue weighted by atomic mass is 32.1. The van der Waals surface area contributed by atoms with E-state index < -0.39 is 24.0 Å². The Morgan fingerprint density at radius 1 is 1.45 bits per heavy atom. The van der Waals surface area contributed by atoms with Crippen LogP contribution in [0.25, 0.3) is 0 Å². The van der Waals surface area contributed by atoms with Crippen molar-refractivity contribution in [2.75, 3.05) is 12.3 Å². The molecule has 2 unspecified atom stereocenters. The zero-order valence-corrected chi connectivity index (χ0v) is 14.3. The summed E-state index contributed by atoms with van der Waals surface area (Å²) in [5.41, 5.74) is 0. The van der Waals surface area contributed by atoms with Crippen molar-refractivity contribution in [2.45, 2.75) is 58.2 Å². The Bertz CT molecular complexity index is 379. The highest BCUT2D eigenvalue weighted by molar-refractivity contribution is 7.80. The van der Waals surface area contributed by atoms with E-state index in [2.05, 4.69) is 28.6 Å². The van der Waals surface area contributed by atoms with Crippen LogP contribution in [0, 0.1) is 0 Å². The Balaban J connectivity index is 0.00000211. The Morgan fingerprint density at radius 2 is 2.09 bits per heavy atom. The number of carboxylic acid groups (broad SMARTS) is 1. The minimum Gasteiger partial charge on any atom is -0.480 e. The second-order valence-electron chi connectivity index (χ2n) is 4.75. The molecule has 8 heteroatoms. The minimum atomic E-state index is -1.15. The van der Waals surface area contributed by atoms with E-state index in [0.29, 0.717) is 6.54 Å². The molecule has 4 N–H and O–H groups in total. The highest BCUT2D eigenvalue weighted by Crippen LogP contribution is 2.05. The molecule has 0 radical (unpaired) electrons. The monoisotopic (exact) mass is 333 g/mol. The average molecular weight is 333 g/mol. The van der Waals surface area contributed by atoms with E-state index >= 15 is 0 Å². The zero-order chi connectivity index (χ0) is 17.1. The van der Waals surface area contributed by atoms with Crippen LogP contribution in [0.5, 0.6) is 0 Å². The molecule has 1 saturated heterocycles. The van der Waals surface area contributed by atoms with Crippen molar-refractivity contribution in [3.63, 3.8) is 0 Å². The fourth-order valence-corrected chi connectivity index (χ4v) is 2.18. The number of piperazine rings is 1. The van der Waals surface area contributed by atoms with Crippen LogP contribution in [0.2, 0.25) is 0 Å². The van der Waals surface area contributed by atoms with Crippen molar-refractivity contribution in [1.82, 2.24) is 16.0 Å². The molecule has 0 aromatic carbocycles. The lowest BCUT2D eigenvalue weighted by Crippen LogP contribution is -2.63. The van der Waals surface area contributed by atoms with Crippen LogP contribution in [-0.4, -0.2) is 53.3 Å². The summed E-state index contributed by atoms with van der Waals surface area (Å²) in [4.78, 5) is 34.5. The third kappa shape index (κ3) is 6.65. The van der Waals surface area contributed by atoms with Crippen molar-refractivity contribution in [1.29, 1.82) is 0 Å². The Labute approximate surface area is 137 Å². The van der Waals surface area contributed by atoms with Crippen molar-refractivity contribution in [2.24, 2.45) is 0 Å². The number of unbranched alkanes of at least 4 members (excludes halogenated alkanes) is 1. The van der Waals surface area contributed by atoms with Crippen LogP contribution in [-0.2, 0) is 14.4 Å². The van der Waals surface area contributed by atoms with E-state index in [1.807, 2.05) is 20.8 Å². The first-order valence-electron chi connectivity index (χ1n) is 7.67. The van der Waals surface area contributed by atoms with Gasteiger partial charge in [0.05, 0.1) is 6.04 Å². The molecule has 0 aliphatic carbocycles. The van der Waals surface area contributed by atoms with Crippen LogP contribution in [0.4, 0.5) is 0 Å². The molecule has 0 aromatic rings. The summed E-state index contributed by atoms with van der Waals surface area (Å²) in [7, 11) is 0. The number of carbonyl (C=O) groups is 3. The number of thiol groups is 1. The Hall–Kier alpha value is -1.28. The summed E-state index contributed by atoms with van der Waals surface area (Å²) >= 11 is 3.87. The quantitative estimate of drug-likeness (QED) is 0.427. The maximum Gasteiger partial charge on any atom is 0.327 e. The topological polar surface area (TPSA) is 108 Å². The number of carbonyl (C=O) groups excluding carboxylic acids is 2. The van der Waals surface area contributed by atoms with Gasteiger partial charge in [-0.2, -0.15) is 12.6 Å². The third-order valence-corrected chi connectivity index (χ3v) is 3.53. The number of nitrogens with one attached hydrogen (secondary N) is 3. The molecule has 1 aliphatic heterocycles. The first-order valence-corrected chi connectivity index (χ1v) is 8.30. The van der Waals surface area contributed by atoms with Gasteiger partial charge >= 0.3 is 5.97 Å². The number of rotatable bonds is 7. The third-order valence-electron chi connectivity index (χ3n) is 3.16. The molecule has 22 heavy (non-hydrogen) atoms. The standard InChI is InChI=1S/C12H21N3O4S.C2H6/c1-2-3-4-7-10(16)14-8(5-13-7)11(17)15-9(6-20)12(18)19;1-2/h7-9,13,20H,2-6H2,1H3,(H,14,16)(H,15,17)(H,18,19);1-2H3/t7?,8?,9-;/m0./s1. The normalized spacial score (nSPS) is 21.9. The predicted octanol–water partition coefficient (Wildman–Crippen LogP) is 0.159. The number of amides is 2. The molecule has 0 saturated carbocycles. The van der Waals surface area contributed by atoms with Crippen LogP contribution < -0.4 is 16.0 Å². The average Bonchev–Trinajstić information content (AvgIpc) is 2.52. The van der Waals surface area contributed by atoms with Gasteiger partial charge in [0.25, 0.3) is 0 Å². The van der Waals surface area contributed by atoms with Crippen molar-refractivity contribution in [3.8, 4) is 0 Å². The molecular formula is C14H27N3O4S. The maximum absolute atomic E-state index is 11.9. The fourth-order valence-electron chi connectivity index (χ4n) is 1.93. The SMILES string of the molecule is CC.CCCCC1NCC(C(=O)N[C@@H](CS)C(=O)O)NC1=O. The Morgan fingerprint density at radius 3 is 2.55 bits per heavy atom. The van der Waals surface area contributed by atoms with Gasteiger partial charge in [-0.15, -0.1) is 0 Å². The number of hydrogen-bond acceptors (Lipinski definition) is 5. The van der Waals surface area contributed by atoms with Gasteiger partial charge in [0, 0.05) is 12.3 Å². The summed E-state index contributed by atoms with van der Waals surface area (Å²) in [6.07, 6.45) is 2.66. The Kier molecular flexibility index (Phi) is 10.7. The second-order valence-corrected chi connectivity index (χ2v) is 5.11. The van der Waals surface area contributed by atoms with E-state index in [1.165, 1.54) is 0 Å².